The standard InChI is InChI=1S/C30H32F3NO7/c1-2-38-27(28(35)36)20-22-12-14-25(15-13-22)40-19-17-34(16-7-18-39-24-9-4-3-5-10-24)29(37)41-26-11-6-8-23(21-26)30(31,32)33/h3-6,8-15,21,27H,2,7,16-20H2,1H3,(H,35,36). The Morgan fingerprint density at radius 3 is 2.17 bits per heavy atom. The zero-order chi connectivity index (χ0) is 29.7. The maximum Gasteiger partial charge on any atom is 0.416 e. The molecule has 41 heavy (non-hydrogen) atoms. The van der Waals surface area contributed by atoms with E-state index >= 15 is 0 Å². The van der Waals surface area contributed by atoms with Crippen LogP contribution in [0.3, 0.4) is 0 Å². The molecule has 1 atom stereocenters. The number of carbonyl (C=O) groups is 2. The molecule has 0 bridgehead atoms. The fourth-order valence-corrected chi connectivity index (χ4v) is 3.79. The van der Waals surface area contributed by atoms with Crippen molar-refractivity contribution >= 4 is 12.1 Å². The van der Waals surface area contributed by atoms with Crippen LogP contribution in [0.4, 0.5) is 18.0 Å². The number of ether oxygens (including phenoxy) is 4. The number of hydrogen-bond donors (Lipinski definition) is 1. The number of para-hydroxylation sites is 1. The lowest BCUT2D eigenvalue weighted by molar-refractivity contribution is -0.150. The minimum atomic E-state index is -4.57. The Balaban J connectivity index is 1.58. The zero-order valence-electron chi connectivity index (χ0n) is 22.5. The first-order valence-corrected chi connectivity index (χ1v) is 13.0. The molecular weight excluding hydrogens is 543 g/mol. The molecule has 3 aromatic rings. The van der Waals surface area contributed by atoms with Crippen molar-refractivity contribution in [2.24, 2.45) is 0 Å². The van der Waals surface area contributed by atoms with Gasteiger partial charge >= 0.3 is 18.2 Å². The molecule has 11 heteroatoms. The van der Waals surface area contributed by atoms with Crippen LogP contribution in [-0.2, 0) is 22.1 Å². The summed E-state index contributed by atoms with van der Waals surface area (Å²) < 4.78 is 61.2. The molecule has 0 radical (unpaired) electrons. The maximum absolute atomic E-state index is 13.1. The number of halogens is 3. The van der Waals surface area contributed by atoms with Gasteiger partial charge in [-0.25, -0.2) is 9.59 Å². The summed E-state index contributed by atoms with van der Waals surface area (Å²) in [6.07, 6.45) is -5.71. The summed E-state index contributed by atoms with van der Waals surface area (Å²) in [6.45, 7) is 2.69. The smallest absolute Gasteiger partial charge is 0.416 e. The second-order valence-corrected chi connectivity index (χ2v) is 8.87. The molecular formula is C30H32F3NO7. The van der Waals surface area contributed by atoms with Crippen molar-refractivity contribution in [1.29, 1.82) is 0 Å². The van der Waals surface area contributed by atoms with Gasteiger partial charge in [-0.1, -0.05) is 36.4 Å². The average Bonchev–Trinajstić information content (AvgIpc) is 2.95. The van der Waals surface area contributed by atoms with Crippen molar-refractivity contribution in [2.45, 2.75) is 32.0 Å². The predicted octanol–water partition coefficient (Wildman–Crippen LogP) is 6.09. The number of benzene rings is 3. The molecule has 0 aliphatic heterocycles. The number of carboxylic acid groups (broad SMARTS) is 1. The van der Waals surface area contributed by atoms with Crippen LogP contribution in [-0.4, -0.2) is 61.1 Å². The van der Waals surface area contributed by atoms with Crippen molar-refractivity contribution in [3.05, 3.63) is 90.0 Å². The van der Waals surface area contributed by atoms with E-state index < -0.39 is 29.9 Å². The van der Waals surface area contributed by atoms with Crippen molar-refractivity contribution in [1.82, 2.24) is 4.90 Å². The molecule has 0 aromatic heterocycles. The van der Waals surface area contributed by atoms with Crippen molar-refractivity contribution < 1.29 is 46.8 Å². The minimum Gasteiger partial charge on any atom is -0.494 e. The molecule has 3 aromatic carbocycles. The number of aliphatic carboxylic acids is 1. The molecule has 1 N–H and O–H groups in total. The first-order chi connectivity index (χ1) is 19.7. The van der Waals surface area contributed by atoms with Gasteiger partial charge in [0, 0.05) is 19.6 Å². The quantitative estimate of drug-likeness (QED) is 0.219. The summed E-state index contributed by atoms with van der Waals surface area (Å²) in [6, 6.07) is 20.1. The normalized spacial score (nSPS) is 11.9. The van der Waals surface area contributed by atoms with Gasteiger partial charge < -0.3 is 29.0 Å². The lowest BCUT2D eigenvalue weighted by Gasteiger charge is -2.22. The Labute approximate surface area is 236 Å². The number of carboxylic acids is 1. The van der Waals surface area contributed by atoms with E-state index in [-0.39, 0.29) is 38.5 Å². The van der Waals surface area contributed by atoms with Gasteiger partial charge in [-0.3, -0.25) is 0 Å². The predicted molar refractivity (Wildman–Crippen MR) is 144 cm³/mol. The van der Waals surface area contributed by atoms with Crippen molar-refractivity contribution in [2.75, 3.05) is 32.9 Å². The molecule has 1 unspecified atom stereocenters. The lowest BCUT2D eigenvalue weighted by atomic mass is 10.1. The lowest BCUT2D eigenvalue weighted by Crippen LogP contribution is -2.38. The van der Waals surface area contributed by atoms with E-state index in [0.29, 0.717) is 24.5 Å². The van der Waals surface area contributed by atoms with Crippen LogP contribution in [0.25, 0.3) is 0 Å². The van der Waals surface area contributed by atoms with Crippen LogP contribution in [0.15, 0.2) is 78.9 Å². The highest BCUT2D eigenvalue weighted by molar-refractivity contribution is 5.72. The van der Waals surface area contributed by atoms with Crippen LogP contribution in [0.1, 0.15) is 24.5 Å². The molecule has 0 aliphatic rings. The first kappa shape index (κ1) is 31.3. The number of alkyl halides is 3. The van der Waals surface area contributed by atoms with Crippen molar-refractivity contribution in [3.63, 3.8) is 0 Å². The zero-order valence-corrected chi connectivity index (χ0v) is 22.5. The maximum atomic E-state index is 13.1. The second kappa shape index (κ2) is 15.5. The summed E-state index contributed by atoms with van der Waals surface area (Å²) in [5.41, 5.74) is -0.170. The van der Waals surface area contributed by atoms with Gasteiger partial charge in [0.25, 0.3) is 0 Å². The Kier molecular flexibility index (Phi) is 11.8. The Hall–Kier alpha value is -4.25. The van der Waals surface area contributed by atoms with E-state index in [2.05, 4.69) is 0 Å². The van der Waals surface area contributed by atoms with Crippen LogP contribution >= 0.6 is 0 Å². The second-order valence-electron chi connectivity index (χ2n) is 8.87. The van der Waals surface area contributed by atoms with Gasteiger partial charge in [-0.05, 0) is 61.4 Å². The molecule has 0 spiro atoms. The Bertz CT molecular complexity index is 1240. The van der Waals surface area contributed by atoms with Gasteiger partial charge in [0.2, 0.25) is 0 Å². The monoisotopic (exact) mass is 575 g/mol. The van der Waals surface area contributed by atoms with E-state index in [1.807, 2.05) is 18.2 Å². The van der Waals surface area contributed by atoms with Crippen LogP contribution in [0.2, 0.25) is 0 Å². The summed E-state index contributed by atoms with van der Waals surface area (Å²) in [7, 11) is 0. The summed E-state index contributed by atoms with van der Waals surface area (Å²) in [4.78, 5) is 25.6. The van der Waals surface area contributed by atoms with E-state index in [9.17, 15) is 27.9 Å². The van der Waals surface area contributed by atoms with Gasteiger partial charge in [0.15, 0.2) is 6.10 Å². The largest absolute Gasteiger partial charge is 0.494 e. The highest BCUT2D eigenvalue weighted by atomic mass is 19.4. The van der Waals surface area contributed by atoms with Crippen LogP contribution in [0, 0.1) is 0 Å². The molecule has 3 rings (SSSR count). The van der Waals surface area contributed by atoms with Gasteiger partial charge in [-0.15, -0.1) is 0 Å². The van der Waals surface area contributed by atoms with Gasteiger partial charge in [0.1, 0.15) is 23.9 Å². The molecule has 0 saturated carbocycles. The van der Waals surface area contributed by atoms with Gasteiger partial charge in [-0.2, -0.15) is 13.2 Å². The van der Waals surface area contributed by atoms with E-state index in [4.69, 9.17) is 18.9 Å². The molecule has 0 aliphatic carbocycles. The summed E-state index contributed by atoms with van der Waals surface area (Å²) >= 11 is 0. The Morgan fingerprint density at radius 2 is 1.51 bits per heavy atom. The number of nitrogens with zero attached hydrogens (tertiary/aromatic N) is 1. The SMILES string of the molecule is CCOC(Cc1ccc(OCCN(CCCOc2ccccc2)C(=O)Oc2cccc(C(F)(F)F)c2)cc1)C(=O)O. The molecule has 220 valence electrons. The number of rotatable bonds is 15. The minimum absolute atomic E-state index is 0.0767. The fraction of sp³-hybridized carbons (Fsp3) is 0.333. The fourth-order valence-electron chi connectivity index (χ4n) is 3.79. The first-order valence-electron chi connectivity index (χ1n) is 13.0. The highest BCUT2D eigenvalue weighted by Gasteiger charge is 2.31. The third-order valence-corrected chi connectivity index (χ3v) is 5.83. The average molecular weight is 576 g/mol. The van der Waals surface area contributed by atoms with E-state index in [1.54, 1.807) is 43.3 Å². The highest BCUT2D eigenvalue weighted by Crippen LogP contribution is 2.31. The summed E-state index contributed by atoms with van der Waals surface area (Å²) in [5.74, 6) is -0.0963. The molecule has 0 heterocycles. The third-order valence-electron chi connectivity index (χ3n) is 5.83. The van der Waals surface area contributed by atoms with E-state index in [1.165, 1.54) is 17.0 Å². The van der Waals surface area contributed by atoms with Crippen LogP contribution < -0.4 is 14.2 Å². The Morgan fingerprint density at radius 1 is 0.854 bits per heavy atom. The summed E-state index contributed by atoms with van der Waals surface area (Å²) in [5, 5.41) is 9.26. The third kappa shape index (κ3) is 10.7. The van der Waals surface area contributed by atoms with Gasteiger partial charge in [0.05, 0.1) is 18.7 Å². The molecule has 1 amide bonds. The van der Waals surface area contributed by atoms with E-state index in [0.717, 1.165) is 17.7 Å². The number of hydrogen-bond acceptors (Lipinski definition) is 6. The number of amides is 1. The molecule has 0 fully saturated rings. The topological polar surface area (TPSA) is 94.5 Å². The molecule has 8 nitrogen and oxygen atoms in total. The number of carbonyl (C=O) groups excluding carboxylic acids is 1. The molecule has 0 saturated heterocycles. The van der Waals surface area contributed by atoms with Crippen molar-refractivity contribution in [3.8, 4) is 17.2 Å². The van der Waals surface area contributed by atoms with Crippen LogP contribution in [0.5, 0.6) is 17.2 Å².